The topological polar surface area (TPSA) is 174 Å². The van der Waals surface area contributed by atoms with E-state index in [1.165, 1.54) is 33.9 Å². The number of aliphatic hydroxyl groups is 1. The first-order valence-corrected chi connectivity index (χ1v) is 14.0. The summed E-state index contributed by atoms with van der Waals surface area (Å²) in [6.07, 6.45) is 3.98. The van der Waals surface area contributed by atoms with Crippen LogP contribution in [-0.2, 0) is 25.7 Å². The predicted molar refractivity (Wildman–Crippen MR) is 142 cm³/mol. The standard InChI is InChI=1S/C27H28N6O7S/c1-13-18(22(26(38)39)33-21(13)19(14(2)34)24(33)37)16-11-32-25(41-16)20(29-27(32)31-6-8-40-9-7-31)23(36)15-4-3-5-30(10-15)12-17(28)35/h3-5,10-11,13-14,19,21,34H,6-9,12H2,1-2H3,(H2-,28,35,38,39)/t13-,14+,19+,21+/m0/s1. The Bertz CT molecular complexity index is 1640. The second-order valence-corrected chi connectivity index (χ2v) is 11.5. The number of nitrogens with two attached hydrogens (primary N) is 1. The number of primary amides is 1. The number of nitrogens with zero attached hydrogens (tertiary/aromatic N) is 5. The number of carboxylic acids is 1. The number of pyridine rings is 1. The fourth-order valence-corrected chi connectivity index (χ4v) is 7.31. The number of β-lactam (4-membered cyclic amide) rings is 1. The number of hydrogen-bond donors (Lipinski definition) is 2. The molecule has 0 spiro atoms. The third-order valence-electron chi connectivity index (χ3n) is 7.90. The normalized spacial score (nSPS) is 23.1. The molecule has 14 heteroatoms. The fraction of sp³-hybridized carbons (Fsp3) is 0.407. The van der Waals surface area contributed by atoms with Crippen LogP contribution >= 0.6 is 11.3 Å². The molecule has 2 fully saturated rings. The van der Waals surface area contributed by atoms with Crippen LogP contribution in [0.5, 0.6) is 0 Å². The molecule has 0 aliphatic carbocycles. The van der Waals surface area contributed by atoms with Gasteiger partial charge in [0.15, 0.2) is 12.4 Å². The van der Waals surface area contributed by atoms with Gasteiger partial charge in [0.25, 0.3) is 5.91 Å². The highest BCUT2D eigenvalue weighted by Gasteiger charge is 2.59. The fourth-order valence-electron chi connectivity index (χ4n) is 6.08. The van der Waals surface area contributed by atoms with Crippen molar-refractivity contribution in [1.29, 1.82) is 0 Å². The highest BCUT2D eigenvalue weighted by atomic mass is 32.1. The highest BCUT2D eigenvalue weighted by Crippen LogP contribution is 2.51. The lowest BCUT2D eigenvalue weighted by atomic mass is 9.77. The van der Waals surface area contributed by atoms with Gasteiger partial charge in [-0.3, -0.25) is 18.8 Å². The molecule has 13 nitrogen and oxygen atoms in total. The molecule has 2 amide bonds. The maximum absolute atomic E-state index is 13.8. The van der Waals surface area contributed by atoms with Gasteiger partial charge in [0.1, 0.15) is 10.5 Å². The molecule has 3 aromatic heterocycles. The zero-order valence-corrected chi connectivity index (χ0v) is 23.2. The number of anilines is 1. The van der Waals surface area contributed by atoms with Gasteiger partial charge in [-0.2, -0.15) is 4.57 Å². The second kappa shape index (κ2) is 10.0. The summed E-state index contributed by atoms with van der Waals surface area (Å²) in [5, 5.41) is 22.5. The molecule has 6 heterocycles. The van der Waals surface area contributed by atoms with Gasteiger partial charge in [-0.25, -0.2) is 4.98 Å². The Labute approximate surface area is 238 Å². The zero-order chi connectivity index (χ0) is 29.2. The predicted octanol–water partition coefficient (Wildman–Crippen LogP) is -1.45. The van der Waals surface area contributed by atoms with Crippen molar-refractivity contribution in [1.82, 2.24) is 14.3 Å². The molecule has 3 N–H and O–H groups in total. The lowest BCUT2D eigenvalue weighted by Crippen LogP contribution is -2.64. The molecular weight excluding hydrogens is 552 g/mol. The Balaban J connectivity index is 1.48. The van der Waals surface area contributed by atoms with E-state index in [0.717, 1.165) is 0 Å². The number of hydrogen-bond acceptors (Lipinski definition) is 10. The number of rotatable bonds is 8. The molecule has 0 bridgehead atoms. The number of thiazole rings is 1. The number of carboxylic acid groups (broad SMARTS) is 1. The van der Waals surface area contributed by atoms with Gasteiger partial charge in [-0.05, 0) is 13.0 Å². The lowest BCUT2D eigenvalue weighted by Gasteiger charge is -2.47. The van der Waals surface area contributed by atoms with Gasteiger partial charge in [-0.1, -0.05) is 6.92 Å². The molecule has 3 aromatic rings. The summed E-state index contributed by atoms with van der Waals surface area (Å²) in [6.45, 7) is 5.32. The highest BCUT2D eigenvalue weighted by molar-refractivity contribution is 7.18. The average Bonchev–Trinajstić information content (AvgIpc) is 3.57. The van der Waals surface area contributed by atoms with Crippen LogP contribution in [0, 0.1) is 11.8 Å². The number of fused-ring (bicyclic) bond motifs is 2. The minimum Gasteiger partial charge on any atom is -0.543 e. The van der Waals surface area contributed by atoms with Crippen LogP contribution in [0.2, 0.25) is 0 Å². The smallest absolute Gasteiger partial charge is 0.283 e. The molecule has 3 aliphatic heterocycles. The number of morpholine rings is 1. The molecule has 0 aromatic carbocycles. The van der Waals surface area contributed by atoms with Gasteiger partial charge < -0.3 is 35.3 Å². The van der Waals surface area contributed by atoms with Crippen LogP contribution in [0.25, 0.3) is 10.4 Å². The summed E-state index contributed by atoms with van der Waals surface area (Å²) in [5.74, 6) is -3.45. The number of aliphatic carboxylic acids is 1. The molecular formula is C27H28N6O7S. The van der Waals surface area contributed by atoms with E-state index in [4.69, 9.17) is 15.5 Å². The Hall–Kier alpha value is -4.14. The molecule has 0 saturated carbocycles. The number of aromatic nitrogens is 3. The van der Waals surface area contributed by atoms with Crippen molar-refractivity contribution in [2.75, 3.05) is 31.2 Å². The summed E-state index contributed by atoms with van der Waals surface area (Å²) in [5.41, 5.74) is 6.00. The number of carbonyl (C=O) groups is 4. The van der Waals surface area contributed by atoms with Crippen LogP contribution in [0.15, 0.2) is 36.4 Å². The third kappa shape index (κ3) is 4.29. The van der Waals surface area contributed by atoms with Gasteiger partial charge in [0.2, 0.25) is 24.2 Å². The first kappa shape index (κ1) is 27.1. The monoisotopic (exact) mass is 580 g/mol. The van der Waals surface area contributed by atoms with Crippen molar-refractivity contribution < 1.29 is 38.7 Å². The summed E-state index contributed by atoms with van der Waals surface area (Å²) < 4.78 is 8.78. The maximum atomic E-state index is 13.8. The van der Waals surface area contributed by atoms with E-state index in [1.807, 2.05) is 11.8 Å². The average molecular weight is 581 g/mol. The number of amides is 2. The van der Waals surface area contributed by atoms with Gasteiger partial charge >= 0.3 is 0 Å². The van der Waals surface area contributed by atoms with E-state index >= 15 is 0 Å². The van der Waals surface area contributed by atoms with E-state index in [0.29, 0.717) is 53.1 Å². The van der Waals surface area contributed by atoms with E-state index in [9.17, 15) is 29.4 Å². The number of aliphatic hydroxyl groups excluding tert-OH is 1. The van der Waals surface area contributed by atoms with Crippen LogP contribution in [0.4, 0.5) is 5.95 Å². The van der Waals surface area contributed by atoms with Gasteiger partial charge in [0.05, 0.1) is 53.4 Å². The Morgan fingerprint density at radius 1 is 1.32 bits per heavy atom. The Kier molecular flexibility index (Phi) is 6.63. The molecule has 0 unspecified atom stereocenters. The van der Waals surface area contributed by atoms with Crippen molar-refractivity contribution in [3.05, 3.63) is 52.6 Å². The number of imidazole rings is 1. The summed E-state index contributed by atoms with van der Waals surface area (Å²) in [6, 6.07) is 2.76. The lowest BCUT2D eigenvalue weighted by molar-refractivity contribution is -0.684. The largest absolute Gasteiger partial charge is 0.543 e. The van der Waals surface area contributed by atoms with Crippen molar-refractivity contribution in [3.8, 4) is 0 Å². The minimum atomic E-state index is -1.48. The molecule has 3 aliphatic rings. The second-order valence-electron chi connectivity index (χ2n) is 10.5. The molecule has 4 atom stereocenters. The molecule has 2 saturated heterocycles. The Morgan fingerprint density at radius 2 is 2.05 bits per heavy atom. The molecule has 0 radical (unpaired) electrons. The van der Waals surface area contributed by atoms with Crippen molar-refractivity contribution in [2.45, 2.75) is 32.5 Å². The number of carbonyl (C=O) groups excluding carboxylic acids is 4. The van der Waals surface area contributed by atoms with E-state index in [-0.39, 0.29) is 23.7 Å². The third-order valence-corrected chi connectivity index (χ3v) is 9.03. The number of ketones is 1. The van der Waals surface area contributed by atoms with Gasteiger partial charge in [0, 0.05) is 36.8 Å². The summed E-state index contributed by atoms with van der Waals surface area (Å²) in [7, 11) is 0. The summed E-state index contributed by atoms with van der Waals surface area (Å²) in [4.78, 5) is 59.4. The molecule has 214 valence electrons. The first-order chi connectivity index (χ1) is 19.6. The zero-order valence-electron chi connectivity index (χ0n) is 22.4. The van der Waals surface area contributed by atoms with Gasteiger partial charge in [-0.15, -0.1) is 11.3 Å². The van der Waals surface area contributed by atoms with Crippen LogP contribution in [0.1, 0.15) is 34.8 Å². The van der Waals surface area contributed by atoms with Crippen molar-refractivity contribution in [3.63, 3.8) is 0 Å². The van der Waals surface area contributed by atoms with E-state index in [2.05, 4.69) is 0 Å². The minimum absolute atomic E-state index is 0.0935. The van der Waals surface area contributed by atoms with Crippen LogP contribution < -0.4 is 20.3 Å². The quantitative estimate of drug-likeness (QED) is 0.184. The summed E-state index contributed by atoms with van der Waals surface area (Å²) >= 11 is 1.20. The van der Waals surface area contributed by atoms with Crippen LogP contribution in [-0.4, -0.2) is 81.4 Å². The molecule has 6 rings (SSSR count). The SMILES string of the molecule is C[C@@H](O)[C@H]1C(=O)N2C(C(=O)[O-])=C(c3cn4c(N5CCOCC5)nc(C(=O)c5ccc[n+](CC(N)=O)c5)c4s3)[C@H](C)[C@H]12. The van der Waals surface area contributed by atoms with E-state index in [1.54, 1.807) is 28.9 Å². The molecule has 41 heavy (non-hydrogen) atoms. The van der Waals surface area contributed by atoms with E-state index < -0.39 is 41.8 Å². The van der Waals surface area contributed by atoms with Crippen molar-refractivity contribution in [2.24, 2.45) is 17.6 Å². The van der Waals surface area contributed by atoms with Crippen molar-refractivity contribution >= 4 is 51.3 Å². The number of ether oxygens (including phenoxy) is 1. The Morgan fingerprint density at radius 3 is 2.71 bits per heavy atom. The van der Waals surface area contributed by atoms with Crippen LogP contribution in [0.3, 0.4) is 0 Å². The maximum Gasteiger partial charge on any atom is 0.283 e. The first-order valence-electron chi connectivity index (χ1n) is 13.2.